The van der Waals surface area contributed by atoms with Crippen LogP contribution in [0, 0.1) is 5.41 Å². The molecule has 0 amide bonds. The first kappa shape index (κ1) is 15.2. The van der Waals surface area contributed by atoms with Crippen LogP contribution in [0.5, 0.6) is 0 Å². The third-order valence-corrected chi connectivity index (χ3v) is 2.22. The molecule has 0 aliphatic rings. The Morgan fingerprint density at radius 1 is 1.38 bits per heavy atom. The number of hydrogen-bond acceptors (Lipinski definition) is 3. The fraction of sp³-hybridized carbons (Fsp3) is 0.769. The molecule has 0 fully saturated rings. The van der Waals surface area contributed by atoms with Crippen LogP contribution in [0.2, 0.25) is 0 Å². The monoisotopic (exact) mass is 227 g/mol. The maximum Gasteiger partial charge on any atom is 0.333 e. The molecule has 0 spiro atoms. The van der Waals surface area contributed by atoms with E-state index in [4.69, 9.17) is 4.74 Å². The van der Waals surface area contributed by atoms with Crippen molar-refractivity contribution in [3.8, 4) is 0 Å². The largest absolute Gasteiger partial charge is 0.466 e. The van der Waals surface area contributed by atoms with Gasteiger partial charge in [0.1, 0.15) is 0 Å². The summed E-state index contributed by atoms with van der Waals surface area (Å²) in [6.07, 6.45) is 2.67. The Bertz CT molecular complexity index is 251. The van der Waals surface area contributed by atoms with Crippen molar-refractivity contribution in [2.45, 2.75) is 34.1 Å². The van der Waals surface area contributed by atoms with E-state index in [1.807, 2.05) is 13.0 Å². The smallest absolute Gasteiger partial charge is 0.333 e. The summed E-state index contributed by atoms with van der Waals surface area (Å²) in [4.78, 5) is 13.5. The van der Waals surface area contributed by atoms with Gasteiger partial charge >= 0.3 is 5.97 Å². The second-order valence-electron chi connectivity index (χ2n) is 5.33. The van der Waals surface area contributed by atoms with Crippen molar-refractivity contribution in [3.63, 3.8) is 0 Å². The van der Waals surface area contributed by atoms with E-state index < -0.39 is 0 Å². The molecule has 94 valence electrons. The van der Waals surface area contributed by atoms with Crippen molar-refractivity contribution in [1.82, 2.24) is 4.90 Å². The van der Waals surface area contributed by atoms with Crippen molar-refractivity contribution in [2.75, 3.05) is 27.2 Å². The number of methoxy groups -OCH3 is 1. The highest BCUT2D eigenvalue weighted by molar-refractivity contribution is 5.88. The Hall–Kier alpha value is -0.830. The minimum absolute atomic E-state index is 0.216. The Kier molecular flexibility index (Phi) is 6.34. The van der Waals surface area contributed by atoms with Crippen molar-refractivity contribution in [1.29, 1.82) is 0 Å². The van der Waals surface area contributed by atoms with E-state index in [9.17, 15) is 4.79 Å². The van der Waals surface area contributed by atoms with E-state index in [0.717, 1.165) is 25.1 Å². The first-order chi connectivity index (χ1) is 7.30. The van der Waals surface area contributed by atoms with Gasteiger partial charge in [-0.15, -0.1) is 0 Å². The standard InChI is InChI=1S/C13H25NO2/c1-7-11(12(15)16-6)8-9-14(5)10-13(2,3)4/h8H,7,9-10H2,1-6H3. The zero-order valence-electron chi connectivity index (χ0n) is 11.5. The average molecular weight is 227 g/mol. The maximum atomic E-state index is 11.3. The van der Waals surface area contributed by atoms with Crippen molar-refractivity contribution in [3.05, 3.63) is 11.6 Å². The van der Waals surface area contributed by atoms with Gasteiger partial charge in [-0.05, 0) is 18.9 Å². The van der Waals surface area contributed by atoms with Crippen LogP contribution >= 0.6 is 0 Å². The summed E-state index contributed by atoms with van der Waals surface area (Å²) in [6, 6.07) is 0. The summed E-state index contributed by atoms with van der Waals surface area (Å²) in [7, 11) is 3.48. The summed E-state index contributed by atoms with van der Waals surface area (Å²) >= 11 is 0. The molecular weight excluding hydrogens is 202 g/mol. The van der Waals surface area contributed by atoms with Crippen molar-refractivity contribution >= 4 is 5.97 Å². The number of likely N-dealkylation sites (N-methyl/N-ethyl adjacent to an activating group) is 1. The van der Waals surface area contributed by atoms with Gasteiger partial charge in [-0.3, -0.25) is 0 Å². The van der Waals surface area contributed by atoms with Crippen LogP contribution in [0.3, 0.4) is 0 Å². The molecule has 0 saturated heterocycles. The number of carbonyl (C=O) groups is 1. The van der Waals surface area contributed by atoms with Crippen molar-refractivity contribution < 1.29 is 9.53 Å². The van der Waals surface area contributed by atoms with Gasteiger partial charge in [0, 0.05) is 18.7 Å². The molecule has 0 radical (unpaired) electrons. The second-order valence-corrected chi connectivity index (χ2v) is 5.33. The molecule has 0 aromatic rings. The summed E-state index contributed by atoms with van der Waals surface area (Å²) in [6.45, 7) is 10.4. The molecule has 0 aromatic heterocycles. The fourth-order valence-electron chi connectivity index (χ4n) is 1.64. The number of rotatable bonds is 5. The molecule has 0 rings (SSSR count). The molecule has 0 aliphatic carbocycles. The molecule has 0 saturated carbocycles. The molecule has 0 unspecified atom stereocenters. The van der Waals surface area contributed by atoms with Gasteiger partial charge < -0.3 is 9.64 Å². The average Bonchev–Trinajstić information content (AvgIpc) is 2.15. The number of ether oxygens (including phenoxy) is 1. The third kappa shape index (κ3) is 6.62. The molecule has 0 aliphatic heterocycles. The predicted octanol–water partition coefficient (Wildman–Crippen LogP) is 2.47. The predicted molar refractivity (Wildman–Crippen MR) is 67.3 cm³/mol. The van der Waals surface area contributed by atoms with Gasteiger partial charge in [-0.25, -0.2) is 4.79 Å². The minimum Gasteiger partial charge on any atom is -0.466 e. The van der Waals surface area contributed by atoms with Gasteiger partial charge in [0.05, 0.1) is 7.11 Å². The molecule has 0 aromatic carbocycles. The van der Waals surface area contributed by atoms with Gasteiger partial charge in [0.15, 0.2) is 0 Å². The Morgan fingerprint density at radius 3 is 2.31 bits per heavy atom. The second kappa shape index (κ2) is 6.69. The van der Waals surface area contributed by atoms with E-state index in [0.29, 0.717) is 0 Å². The molecule has 0 heterocycles. The van der Waals surface area contributed by atoms with Crippen LogP contribution in [0.25, 0.3) is 0 Å². The molecule has 0 bridgehead atoms. The summed E-state index contributed by atoms with van der Waals surface area (Å²) < 4.78 is 4.71. The van der Waals surface area contributed by atoms with E-state index in [1.54, 1.807) is 0 Å². The first-order valence-corrected chi connectivity index (χ1v) is 5.76. The lowest BCUT2D eigenvalue weighted by Gasteiger charge is -2.25. The molecular formula is C13H25NO2. The van der Waals surface area contributed by atoms with Gasteiger partial charge in [0.25, 0.3) is 0 Å². The summed E-state index contributed by atoms with van der Waals surface area (Å²) in [5, 5.41) is 0. The van der Waals surface area contributed by atoms with Gasteiger partial charge in [-0.1, -0.05) is 33.8 Å². The summed E-state index contributed by atoms with van der Waals surface area (Å²) in [5.41, 5.74) is 1.03. The molecule has 3 heteroatoms. The summed E-state index contributed by atoms with van der Waals surface area (Å²) in [5.74, 6) is -0.216. The lowest BCUT2D eigenvalue weighted by molar-refractivity contribution is -0.136. The highest BCUT2D eigenvalue weighted by Crippen LogP contribution is 2.14. The lowest BCUT2D eigenvalue weighted by atomic mass is 9.96. The molecule has 3 nitrogen and oxygen atoms in total. The SMILES string of the molecule is CCC(=CCN(C)CC(C)(C)C)C(=O)OC. The Morgan fingerprint density at radius 2 is 1.94 bits per heavy atom. The third-order valence-electron chi connectivity index (χ3n) is 2.22. The molecule has 16 heavy (non-hydrogen) atoms. The zero-order valence-corrected chi connectivity index (χ0v) is 11.5. The van der Waals surface area contributed by atoms with E-state index in [-0.39, 0.29) is 11.4 Å². The van der Waals surface area contributed by atoms with E-state index in [2.05, 4.69) is 32.7 Å². The van der Waals surface area contributed by atoms with Crippen LogP contribution in [0.1, 0.15) is 34.1 Å². The van der Waals surface area contributed by atoms with Crippen LogP contribution in [0.4, 0.5) is 0 Å². The first-order valence-electron chi connectivity index (χ1n) is 5.76. The maximum absolute atomic E-state index is 11.3. The highest BCUT2D eigenvalue weighted by atomic mass is 16.5. The zero-order chi connectivity index (χ0) is 12.8. The number of carbonyl (C=O) groups excluding carboxylic acids is 1. The molecule has 0 atom stereocenters. The van der Waals surface area contributed by atoms with Crippen LogP contribution in [0.15, 0.2) is 11.6 Å². The van der Waals surface area contributed by atoms with Crippen LogP contribution < -0.4 is 0 Å². The quantitative estimate of drug-likeness (QED) is 0.534. The Labute approximate surface area is 99.5 Å². The van der Waals surface area contributed by atoms with E-state index >= 15 is 0 Å². The van der Waals surface area contributed by atoms with E-state index in [1.165, 1.54) is 7.11 Å². The lowest BCUT2D eigenvalue weighted by Crippen LogP contribution is -2.29. The van der Waals surface area contributed by atoms with Gasteiger partial charge in [-0.2, -0.15) is 0 Å². The van der Waals surface area contributed by atoms with Gasteiger partial charge in [0.2, 0.25) is 0 Å². The highest BCUT2D eigenvalue weighted by Gasteiger charge is 2.13. The Balaban J connectivity index is 4.28. The van der Waals surface area contributed by atoms with Crippen molar-refractivity contribution in [2.24, 2.45) is 5.41 Å². The fourth-order valence-corrected chi connectivity index (χ4v) is 1.64. The minimum atomic E-state index is -0.216. The number of nitrogens with zero attached hydrogens (tertiary/aromatic N) is 1. The normalized spacial score (nSPS) is 13.1. The number of hydrogen-bond donors (Lipinski definition) is 0. The van der Waals surface area contributed by atoms with Crippen LogP contribution in [-0.2, 0) is 9.53 Å². The number of esters is 1. The topological polar surface area (TPSA) is 29.5 Å². The van der Waals surface area contributed by atoms with Crippen LogP contribution in [-0.4, -0.2) is 38.1 Å². The molecule has 0 N–H and O–H groups in total.